The second-order valence-electron chi connectivity index (χ2n) is 6.77. The van der Waals surface area contributed by atoms with Crippen molar-refractivity contribution in [2.45, 2.75) is 0 Å². The maximum atomic E-state index is 12.7. The lowest BCUT2D eigenvalue weighted by atomic mass is 10.1. The average molecular weight is 451 g/mol. The summed E-state index contributed by atoms with van der Waals surface area (Å²) in [5.74, 6) is -1.17. The Kier molecular flexibility index (Phi) is 5.54. The van der Waals surface area contributed by atoms with Crippen LogP contribution in [0.2, 0.25) is 5.02 Å². The number of rotatable bonds is 5. The molecule has 0 saturated carbocycles. The van der Waals surface area contributed by atoms with Gasteiger partial charge in [0.05, 0.1) is 0 Å². The van der Waals surface area contributed by atoms with E-state index >= 15 is 0 Å². The molecule has 0 aliphatic carbocycles. The van der Waals surface area contributed by atoms with Gasteiger partial charge in [0, 0.05) is 22.5 Å². The highest BCUT2D eigenvalue weighted by Crippen LogP contribution is 2.25. The number of furan rings is 1. The van der Waals surface area contributed by atoms with Crippen LogP contribution in [0.5, 0.6) is 0 Å². The number of amides is 2. The molecule has 1 fully saturated rings. The van der Waals surface area contributed by atoms with Gasteiger partial charge >= 0.3 is 0 Å². The molecular formula is C23H15ClN2O4S. The summed E-state index contributed by atoms with van der Waals surface area (Å²) in [4.78, 5) is 38.9. The summed E-state index contributed by atoms with van der Waals surface area (Å²) in [6.45, 7) is 3.79. The number of benzene rings is 2. The van der Waals surface area contributed by atoms with Crippen LogP contribution in [-0.2, 0) is 9.59 Å². The Morgan fingerprint density at radius 1 is 1.16 bits per heavy atom. The summed E-state index contributed by atoms with van der Waals surface area (Å²) in [5, 5.41) is 3.74. The minimum Gasteiger partial charge on any atom is -0.453 e. The fraction of sp³-hybridized carbons (Fsp3) is 0.0435. The Bertz CT molecular complexity index is 1290. The minimum absolute atomic E-state index is 0.0442. The first-order chi connectivity index (χ1) is 14.9. The third-order valence-electron chi connectivity index (χ3n) is 4.68. The highest BCUT2D eigenvalue weighted by Gasteiger charge is 2.32. The Morgan fingerprint density at radius 3 is 2.61 bits per heavy atom. The van der Waals surface area contributed by atoms with Crippen molar-refractivity contribution in [3.8, 4) is 0 Å². The van der Waals surface area contributed by atoms with E-state index in [2.05, 4.69) is 11.9 Å². The van der Waals surface area contributed by atoms with Crippen molar-refractivity contribution in [3.05, 3.63) is 88.7 Å². The van der Waals surface area contributed by atoms with Gasteiger partial charge in [0.1, 0.15) is 11.2 Å². The monoisotopic (exact) mass is 450 g/mol. The molecule has 154 valence electrons. The number of ketones is 1. The van der Waals surface area contributed by atoms with Gasteiger partial charge < -0.3 is 4.42 Å². The quantitative estimate of drug-likeness (QED) is 0.208. The predicted molar refractivity (Wildman–Crippen MR) is 122 cm³/mol. The van der Waals surface area contributed by atoms with Crippen LogP contribution in [0, 0.1) is 0 Å². The van der Waals surface area contributed by atoms with Crippen molar-refractivity contribution in [1.82, 2.24) is 10.2 Å². The molecule has 1 saturated heterocycles. The number of carbonyl (C=O) groups excluding carboxylic acids is 3. The van der Waals surface area contributed by atoms with E-state index < -0.39 is 11.8 Å². The zero-order valence-electron chi connectivity index (χ0n) is 16.1. The molecule has 4 rings (SSSR count). The van der Waals surface area contributed by atoms with E-state index in [1.807, 2.05) is 0 Å². The first kappa shape index (κ1) is 20.7. The third kappa shape index (κ3) is 4.05. The van der Waals surface area contributed by atoms with Crippen LogP contribution >= 0.6 is 23.8 Å². The Labute approximate surface area is 187 Å². The summed E-state index contributed by atoms with van der Waals surface area (Å²) in [5.41, 5.74) is 1.52. The first-order valence-electron chi connectivity index (χ1n) is 9.21. The summed E-state index contributed by atoms with van der Waals surface area (Å²) in [6, 6.07) is 13.2. The zero-order chi connectivity index (χ0) is 22.1. The van der Waals surface area contributed by atoms with E-state index in [4.69, 9.17) is 28.2 Å². The van der Waals surface area contributed by atoms with Gasteiger partial charge in [0.25, 0.3) is 11.8 Å². The molecule has 1 N–H and O–H groups in total. The van der Waals surface area contributed by atoms with Gasteiger partial charge in [-0.2, -0.15) is 0 Å². The van der Waals surface area contributed by atoms with Crippen LogP contribution in [0.1, 0.15) is 21.7 Å². The fourth-order valence-electron chi connectivity index (χ4n) is 3.16. The van der Waals surface area contributed by atoms with Crippen molar-refractivity contribution < 1.29 is 18.8 Å². The van der Waals surface area contributed by atoms with Crippen LogP contribution in [0.25, 0.3) is 17.0 Å². The first-order valence-corrected chi connectivity index (χ1v) is 9.99. The molecule has 1 aliphatic heterocycles. The number of halogens is 1. The lowest BCUT2D eigenvalue weighted by Crippen LogP contribution is -2.53. The Hall–Kier alpha value is -3.55. The average Bonchev–Trinajstić information content (AvgIpc) is 3.17. The SMILES string of the molecule is C=CCN1C(=O)C(=Cc2ccc3oc(C(=O)c4ccc(Cl)cc4)cc3c2)C(=O)NC1=S. The largest absolute Gasteiger partial charge is 0.453 e. The lowest BCUT2D eigenvalue weighted by molar-refractivity contribution is -0.128. The van der Waals surface area contributed by atoms with Gasteiger partial charge in [0.15, 0.2) is 10.9 Å². The van der Waals surface area contributed by atoms with Crippen molar-refractivity contribution in [1.29, 1.82) is 0 Å². The van der Waals surface area contributed by atoms with Gasteiger partial charge in [-0.1, -0.05) is 23.7 Å². The lowest BCUT2D eigenvalue weighted by Gasteiger charge is -2.27. The summed E-state index contributed by atoms with van der Waals surface area (Å²) in [6.07, 6.45) is 3.00. The van der Waals surface area contributed by atoms with Gasteiger partial charge in [-0.25, -0.2) is 0 Å². The molecule has 2 heterocycles. The number of nitrogens with zero attached hydrogens (tertiary/aromatic N) is 1. The maximum absolute atomic E-state index is 12.7. The molecule has 2 aromatic carbocycles. The zero-order valence-corrected chi connectivity index (χ0v) is 17.6. The summed E-state index contributed by atoms with van der Waals surface area (Å²) in [7, 11) is 0. The van der Waals surface area contributed by atoms with Crippen molar-refractivity contribution in [2.24, 2.45) is 0 Å². The molecule has 0 radical (unpaired) electrons. The normalized spacial score (nSPS) is 15.5. The number of fused-ring (bicyclic) bond motifs is 1. The van der Waals surface area contributed by atoms with Gasteiger partial charge in [-0.3, -0.25) is 24.6 Å². The summed E-state index contributed by atoms with van der Waals surface area (Å²) < 4.78 is 5.68. The van der Waals surface area contributed by atoms with Crippen molar-refractivity contribution in [2.75, 3.05) is 6.54 Å². The van der Waals surface area contributed by atoms with Crippen LogP contribution in [-0.4, -0.2) is 34.2 Å². The second-order valence-corrected chi connectivity index (χ2v) is 7.59. The molecule has 2 amide bonds. The highest BCUT2D eigenvalue weighted by atomic mass is 35.5. The fourth-order valence-corrected chi connectivity index (χ4v) is 3.54. The van der Waals surface area contributed by atoms with Crippen LogP contribution in [0.3, 0.4) is 0 Å². The number of carbonyl (C=O) groups is 3. The van der Waals surface area contributed by atoms with Gasteiger partial charge in [-0.05, 0) is 66.3 Å². The molecule has 0 atom stereocenters. The number of hydrogen-bond acceptors (Lipinski definition) is 5. The number of hydrogen-bond donors (Lipinski definition) is 1. The van der Waals surface area contributed by atoms with Crippen molar-refractivity contribution >= 4 is 63.6 Å². The van der Waals surface area contributed by atoms with Gasteiger partial charge in [0.2, 0.25) is 5.78 Å². The van der Waals surface area contributed by atoms with Crippen LogP contribution in [0.15, 0.2) is 71.2 Å². The van der Waals surface area contributed by atoms with Crippen molar-refractivity contribution in [3.63, 3.8) is 0 Å². The molecule has 3 aromatic rings. The second kappa shape index (κ2) is 8.29. The molecule has 1 aromatic heterocycles. The molecule has 8 heteroatoms. The predicted octanol–water partition coefficient (Wildman–Crippen LogP) is 4.13. The van der Waals surface area contributed by atoms with E-state index in [1.54, 1.807) is 48.5 Å². The van der Waals surface area contributed by atoms with Crippen LogP contribution in [0.4, 0.5) is 0 Å². The molecule has 6 nitrogen and oxygen atoms in total. The topological polar surface area (TPSA) is 79.6 Å². The Balaban J connectivity index is 1.66. The van der Waals surface area contributed by atoms with E-state index in [-0.39, 0.29) is 28.8 Å². The molecule has 0 spiro atoms. The minimum atomic E-state index is -0.568. The molecule has 31 heavy (non-hydrogen) atoms. The molecule has 0 bridgehead atoms. The Morgan fingerprint density at radius 2 is 1.90 bits per heavy atom. The van der Waals surface area contributed by atoms with E-state index in [1.165, 1.54) is 17.1 Å². The molecular weight excluding hydrogens is 436 g/mol. The third-order valence-corrected chi connectivity index (χ3v) is 5.25. The van der Waals surface area contributed by atoms with E-state index in [0.29, 0.717) is 27.1 Å². The highest BCUT2D eigenvalue weighted by molar-refractivity contribution is 7.80. The number of thiocarbonyl (C=S) groups is 1. The standard InChI is InChI=1S/C23H15ClN2O4S/c1-2-9-26-22(29)17(21(28)25-23(26)31)11-13-3-8-18-15(10-13)12-19(30-18)20(27)14-4-6-16(24)7-5-14/h2-8,10-12H,1,9H2,(H,25,28,31). The molecule has 1 aliphatic rings. The molecule has 0 unspecified atom stereocenters. The smallest absolute Gasteiger partial charge is 0.265 e. The van der Waals surface area contributed by atoms with Crippen LogP contribution < -0.4 is 5.32 Å². The van der Waals surface area contributed by atoms with E-state index in [9.17, 15) is 14.4 Å². The summed E-state index contributed by atoms with van der Waals surface area (Å²) >= 11 is 10.9. The number of nitrogens with one attached hydrogen (secondary N) is 1. The van der Waals surface area contributed by atoms with E-state index in [0.717, 1.165) is 0 Å². The van der Waals surface area contributed by atoms with Gasteiger partial charge in [-0.15, -0.1) is 6.58 Å². The maximum Gasteiger partial charge on any atom is 0.265 e.